The van der Waals surface area contributed by atoms with Gasteiger partial charge in [0, 0.05) is 12.8 Å². The van der Waals surface area contributed by atoms with E-state index in [9.17, 15) is 15.0 Å². The Hall–Kier alpha value is -0.950. The number of nitrogens with one attached hydrogen (secondary N) is 1. The molecule has 1 saturated heterocycles. The van der Waals surface area contributed by atoms with Crippen molar-refractivity contribution in [1.82, 2.24) is 5.32 Å². The van der Waals surface area contributed by atoms with Crippen molar-refractivity contribution in [2.75, 3.05) is 6.61 Å². The first-order valence-corrected chi connectivity index (χ1v) is 14.1. The maximum atomic E-state index is 12.2. The van der Waals surface area contributed by atoms with E-state index in [1.807, 2.05) is 0 Å². The topological polar surface area (TPSA) is 88.0 Å². The van der Waals surface area contributed by atoms with Crippen molar-refractivity contribution in [3.05, 3.63) is 11.1 Å². The van der Waals surface area contributed by atoms with Gasteiger partial charge in [-0.15, -0.1) is 0 Å². The molecule has 206 valence electrons. The van der Waals surface area contributed by atoms with Gasteiger partial charge >= 0.3 is 0 Å². The third-order valence-corrected chi connectivity index (χ3v) is 12.4. The lowest BCUT2D eigenvalue weighted by molar-refractivity contribution is -0.338. The molecule has 1 amide bonds. The average molecular weight is 506 g/mol. The summed E-state index contributed by atoms with van der Waals surface area (Å²) >= 11 is 0. The van der Waals surface area contributed by atoms with E-state index in [1.54, 1.807) is 6.92 Å². The second-order valence-electron chi connectivity index (χ2n) is 14.0. The molecule has 3 aliphatic carbocycles. The summed E-state index contributed by atoms with van der Waals surface area (Å²) in [6.45, 7) is 24.9. The summed E-state index contributed by atoms with van der Waals surface area (Å²) in [6.07, 6.45) is 0.221. The van der Waals surface area contributed by atoms with E-state index in [4.69, 9.17) is 9.47 Å². The molecule has 1 heterocycles. The Kier molecular flexibility index (Phi) is 6.85. The van der Waals surface area contributed by atoms with Gasteiger partial charge in [0.1, 0.15) is 5.60 Å². The Morgan fingerprint density at radius 1 is 1.14 bits per heavy atom. The number of aliphatic hydroxyl groups excluding tert-OH is 1. The molecule has 2 bridgehead atoms. The van der Waals surface area contributed by atoms with Crippen LogP contribution in [0.2, 0.25) is 0 Å². The van der Waals surface area contributed by atoms with Gasteiger partial charge in [-0.05, 0) is 72.2 Å². The predicted molar refractivity (Wildman–Crippen MR) is 141 cm³/mol. The van der Waals surface area contributed by atoms with Crippen molar-refractivity contribution in [1.29, 1.82) is 0 Å². The van der Waals surface area contributed by atoms with Crippen LogP contribution in [-0.2, 0) is 14.3 Å². The fourth-order valence-electron chi connectivity index (χ4n) is 9.49. The van der Waals surface area contributed by atoms with Gasteiger partial charge < -0.3 is 25.0 Å². The predicted octanol–water partition coefficient (Wildman–Crippen LogP) is 4.68. The fourth-order valence-corrected chi connectivity index (χ4v) is 9.49. The van der Waals surface area contributed by atoms with Crippen molar-refractivity contribution < 1.29 is 24.5 Å². The normalized spacial score (nSPS) is 49.5. The molecule has 3 N–H and O–H groups in total. The zero-order valence-corrected chi connectivity index (χ0v) is 24.4. The summed E-state index contributed by atoms with van der Waals surface area (Å²) in [4.78, 5) is 11.6. The molecule has 0 aromatic rings. The van der Waals surface area contributed by atoms with E-state index in [1.165, 1.54) is 18.1 Å². The molecule has 1 aliphatic heterocycles. The summed E-state index contributed by atoms with van der Waals surface area (Å²) < 4.78 is 12.3. The second-order valence-corrected chi connectivity index (χ2v) is 14.0. The van der Waals surface area contributed by atoms with Gasteiger partial charge in [-0.2, -0.15) is 0 Å². The van der Waals surface area contributed by atoms with Crippen LogP contribution in [0, 0.1) is 45.8 Å². The van der Waals surface area contributed by atoms with Crippen molar-refractivity contribution in [2.24, 2.45) is 45.8 Å². The van der Waals surface area contributed by atoms with Crippen LogP contribution in [-0.4, -0.2) is 52.9 Å². The second kappa shape index (κ2) is 8.79. The highest BCUT2D eigenvalue weighted by molar-refractivity contribution is 5.73. The summed E-state index contributed by atoms with van der Waals surface area (Å²) in [5, 5.41) is 25.8. The number of amides is 1. The molecule has 36 heavy (non-hydrogen) atoms. The van der Waals surface area contributed by atoms with Gasteiger partial charge in [-0.25, -0.2) is 0 Å². The third-order valence-electron chi connectivity index (χ3n) is 12.4. The van der Waals surface area contributed by atoms with E-state index in [0.29, 0.717) is 24.4 Å². The fraction of sp³-hybridized carbons (Fsp3) is 0.900. The SMILES string of the molecule is CC(=O)NC(C)C(O)OC1CC2(C)C(C)C3C4(O)COC4CC(C)C3(C)C(C)C(C)C(=C1C)C2(C)C. The maximum absolute atomic E-state index is 12.2. The monoisotopic (exact) mass is 505 g/mol. The molecule has 4 aliphatic rings. The van der Waals surface area contributed by atoms with Crippen LogP contribution in [0.3, 0.4) is 0 Å². The van der Waals surface area contributed by atoms with Crippen molar-refractivity contribution in [3.63, 3.8) is 0 Å². The summed E-state index contributed by atoms with van der Waals surface area (Å²) in [5.41, 5.74) is 1.51. The van der Waals surface area contributed by atoms with Gasteiger partial charge in [0.05, 0.1) is 24.9 Å². The minimum atomic E-state index is -1.10. The molecular formula is C30H51NO5. The minimum Gasteiger partial charge on any atom is -0.384 e. The number of ether oxygens (including phenoxy) is 2. The van der Waals surface area contributed by atoms with Crippen molar-refractivity contribution >= 4 is 5.91 Å². The van der Waals surface area contributed by atoms with Gasteiger partial charge in [-0.1, -0.05) is 61.0 Å². The quantitative estimate of drug-likeness (QED) is 0.381. The number of hydrogen-bond donors (Lipinski definition) is 3. The lowest BCUT2D eigenvalue weighted by atomic mass is 9.37. The number of rotatable bonds is 4. The summed E-state index contributed by atoms with van der Waals surface area (Å²) in [6, 6.07) is -0.502. The van der Waals surface area contributed by atoms with Gasteiger partial charge in [-0.3, -0.25) is 4.79 Å². The van der Waals surface area contributed by atoms with Crippen LogP contribution >= 0.6 is 0 Å². The zero-order chi connectivity index (χ0) is 27.2. The lowest BCUT2D eigenvalue weighted by Crippen LogP contribution is -2.75. The van der Waals surface area contributed by atoms with E-state index in [0.717, 1.165) is 12.8 Å². The minimum absolute atomic E-state index is 0.0374. The molecular weight excluding hydrogens is 454 g/mol. The molecule has 0 aromatic heterocycles. The highest BCUT2D eigenvalue weighted by Gasteiger charge is 2.71. The van der Waals surface area contributed by atoms with E-state index in [2.05, 4.69) is 67.6 Å². The summed E-state index contributed by atoms with van der Waals surface area (Å²) in [7, 11) is 0. The van der Waals surface area contributed by atoms with Crippen LogP contribution in [0.15, 0.2) is 11.1 Å². The Morgan fingerprint density at radius 2 is 1.75 bits per heavy atom. The first-order chi connectivity index (χ1) is 16.4. The first-order valence-electron chi connectivity index (χ1n) is 14.1. The van der Waals surface area contributed by atoms with Crippen LogP contribution in [0.5, 0.6) is 0 Å². The molecule has 3 fully saturated rings. The Morgan fingerprint density at radius 3 is 2.28 bits per heavy atom. The molecule has 6 nitrogen and oxygen atoms in total. The first kappa shape index (κ1) is 28.1. The summed E-state index contributed by atoms with van der Waals surface area (Å²) in [5.74, 6) is 1.19. The van der Waals surface area contributed by atoms with Crippen molar-refractivity contribution in [3.8, 4) is 0 Å². The molecule has 12 unspecified atom stereocenters. The molecule has 0 spiro atoms. The Labute approximate surface area is 218 Å². The van der Waals surface area contributed by atoms with Crippen LogP contribution in [0.4, 0.5) is 0 Å². The molecule has 12 atom stereocenters. The number of hydrogen-bond acceptors (Lipinski definition) is 5. The van der Waals surface area contributed by atoms with Crippen molar-refractivity contribution in [2.45, 2.75) is 119 Å². The number of fused-ring (bicyclic) bond motifs is 5. The van der Waals surface area contributed by atoms with Crippen LogP contribution in [0.25, 0.3) is 0 Å². The zero-order valence-electron chi connectivity index (χ0n) is 24.4. The van der Waals surface area contributed by atoms with E-state index in [-0.39, 0.29) is 46.2 Å². The molecule has 0 aromatic carbocycles. The number of carbonyl (C=O) groups excluding carboxylic acids is 1. The number of allylic oxidation sites excluding steroid dienone is 1. The van der Waals surface area contributed by atoms with Gasteiger partial charge in [0.25, 0.3) is 0 Å². The smallest absolute Gasteiger partial charge is 0.217 e. The Balaban J connectivity index is 1.85. The van der Waals surface area contributed by atoms with Crippen LogP contribution in [0.1, 0.15) is 89.0 Å². The largest absolute Gasteiger partial charge is 0.384 e. The lowest BCUT2D eigenvalue weighted by Gasteiger charge is -2.71. The molecule has 6 heteroatoms. The van der Waals surface area contributed by atoms with Gasteiger partial charge in [0.2, 0.25) is 5.91 Å². The number of aliphatic hydroxyl groups is 2. The molecule has 0 radical (unpaired) electrons. The molecule has 4 rings (SSSR count). The van der Waals surface area contributed by atoms with E-state index < -0.39 is 17.9 Å². The molecule has 2 saturated carbocycles. The maximum Gasteiger partial charge on any atom is 0.217 e. The highest BCUT2D eigenvalue weighted by atomic mass is 16.6. The third kappa shape index (κ3) is 3.60. The van der Waals surface area contributed by atoms with Crippen LogP contribution < -0.4 is 5.32 Å². The van der Waals surface area contributed by atoms with E-state index >= 15 is 0 Å². The van der Waals surface area contributed by atoms with Gasteiger partial charge in [0.15, 0.2) is 6.29 Å². The highest BCUT2D eigenvalue weighted by Crippen LogP contribution is 2.71. The average Bonchev–Trinajstić information content (AvgIpc) is 2.77. The number of carbonyl (C=O) groups is 1. The Bertz CT molecular complexity index is 930. The standard InChI is InChI=1S/C30H51NO5/c1-15-12-23-30(34,14-35-23)25-19(5)28(10)13-22(36-26(33)20(6)31-21(7)32)17(3)24(27(28,8)9)16(2)18(4)29(15,25)11/h15-16,18-20,22-23,25-26,33-34H,12-14H2,1-11H3,(H,31,32).